The summed E-state index contributed by atoms with van der Waals surface area (Å²) in [7, 11) is 0. The molecule has 0 aromatic carbocycles. The second-order valence-electron chi connectivity index (χ2n) is 4.30. The zero-order valence-corrected chi connectivity index (χ0v) is 10.6. The summed E-state index contributed by atoms with van der Waals surface area (Å²) < 4.78 is 0. The minimum Gasteiger partial charge on any atom is -0.339 e. The predicted molar refractivity (Wildman–Crippen MR) is 64.5 cm³/mol. The monoisotopic (exact) mass is 225 g/mol. The number of hydrogen-bond donors (Lipinski definition) is 1. The van der Waals surface area contributed by atoms with Crippen LogP contribution in [0.2, 0.25) is 0 Å². The SMILES string of the molecule is CCC(CN)CC(=O)N(CCC#N)C(C)C. The molecular weight excluding hydrogens is 202 g/mol. The molecule has 0 aromatic rings. The Bertz CT molecular complexity index is 241. The first kappa shape index (κ1) is 14.9. The Morgan fingerprint density at radius 3 is 2.50 bits per heavy atom. The zero-order valence-electron chi connectivity index (χ0n) is 10.6. The van der Waals surface area contributed by atoms with Crippen molar-refractivity contribution in [1.29, 1.82) is 5.26 Å². The molecule has 0 fully saturated rings. The molecule has 92 valence electrons. The van der Waals surface area contributed by atoms with E-state index in [1.54, 1.807) is 4.90 Å². The second-order valence-corrected chi connectivity index (χ2v) is 4.30. The van der Waals surface area contributed by atoms with E-state index in [4.69, 9.17) is 11.0 Å². The highest BCUT2D eigenvalue weighted by Gasteiger charge is 2.19. The molecule has 0 saturated carbocycles. The van der Waals surface area contributed by atoms with Gasteiger partial charge in [-0.05, 0) is 26.3 Å². The number of nitrogens with zero attached hydrogens (tertiary/aromatic N) is 2. The fourth-order valence-electron chi connectivity index (χ4n) is 1.60. The van der Waals surface area contributed by atoms with Gasteiger partial charge in [0.2, 0.25) is 5.91 Å². The average molecular weight is 225 g/mol. The van der Waals surface area contributed by atoms with Crippen LogP contribution in [0, 0.1) is 17.2 Å². The Balaban J connectivity index is 4.32. The summed E-state index contributed by atoms with van der Waals surface area (Å²) in [5.74, 6) is 0.374. The van der Waals surface area contributed by atoms with Gasteiger partial charge in [-0.15, -0.1) is 0 Å². The van der Waals surface area contributed by atoms with Gasteiger partial charge in [0.05, 0.1) is 12.5 Å². The molecule has 0 aliphatic carbocycles. The summed E-state index contributed by atoms with van der Waals surface area (Å²) >= 11 is 0. The molecule has 0 rings (SSSR count). The standard InChI is InChI=1S/C12H23N3O/c1-4-11(9-14)8-12(16)15(10(2)3)7-5-6-13/h10-11H,4-5,7-9,14H2,1-3H3. The van der Waals surface area contributed by atoms with E-state index in [9.17, 15) is 4.79 Å². The molecule has 1 unspecified atom stereocenters. The molecular formula is C12H23N3O. The van der Waals surface area contributed by atoms with Gasteiger partial charge in [0.1, 0.15) is 0 Å². The van der Waals surface area contributed by atoms with Gasteiger partial charge in [-0.3, -0.25) is 4.79 Å². The molecule has 0 radical (unpaired) electrons. The largest absolute Gasteiger partial charge is 0.339 e. The van der Waals surface area contributed by atoms with Crippen molar-refractivity contribution in [2.75, 3.05) is 13.1 Å². The van der Waals surface area contributed by atoms with Crippen LogP contribution in [0.15, 0.2) is 0 Å². The summed E-state index contributed by atoms with van der Waals surface area (Å²) in [4.78, 5) is 13.7. The third kappa shape index (κ3) is 5.13. The van der Waals surface area contributed by atoms with Crippen LogP contribution in [-0.4, -0.2) is 29.9 Å². The Morgan fingerprint density at radius 2 is 2.12 bits per heavy atom. The van der Waals surface area contributed by atoms with Crippen molar-refractivity contribution in [2.45, 2.75) is 46.1 Å². The van der Waals surface area contributed by atoms with Crippen molar-refractivity contribution < 1.29 is 4.79 Å². The predicted octanol–water partition coefficient (Wildman–Crippen LogP) is 1.51. The highest BCUT2D eigenvalue weighted by atomic mass is 16.2. The smallest absolute Gasteiger partial charge is 0.223 e. The van der Waals surface area contributed by atoms with Crippen LogP contribution in [0.25, 0.3) is 0 Å². The number of carbonyl (C=O) groups is 1. The quantitative estimate of drug-likeness (QED) is 0.714. The second kappa shape index (κ2) is 8.12. The van der Waals surface area contributed by atoms with Gasteiger partial charge in [-0.1, -0.05) is 13.3 Å². The van der Waals surface area contributed by atoms with Crippen LogP contribution in [0.5, 0.6) is 0 Å². The maximum absolute atomic E-state index is 12.0. The van der Waals surface area contributed by atoms with Crippen LogP contribution in [0.3, 0.4) is 0 Å². The Hall–Kier alpha value is -1.08. The Kier molecular flexibility index (Phi) is 7.57. The fraction of sp³-hybridized carbons (Fsp3) is 0.833. The third-order valence-corrected chi connectivity index (χ3v) is 2.78. The first-order chi connectivity index (χ1) is 7.56. The molecule has 0 saturated heterocycles. The lowest BCUT2D eigenvalue weighted by Gasteiger charge is -2.27. The third-order valence-electron chi connectivity index (χ3n) is 2.78. The van der Waals surface area contributed by atoms with E-state index in [1.165, 1.54) is 0 Å². The van der Waals surface area contributed by atoms with Gasteiger partial charge < -0.3 is 10.6 Å². The first-order valence-electron chi connectivity index (χ1n) is 5.93. The van der Waals surface area contributed by atoms with E-state index in [0.29, 0.717) is 25.9 Å². The molecule has 0 heterocycles. The minimum absolute atomic E-state index is 0.113. The summed E-state index contributed by atoms with van der Waals surface area (Å²) in [5, 5.41) is 8.54. The lowest BCUT2D eigenvalue weighted by atomic mass is 10.0. The van der Waals surface area contributed by atoms with Gasteiger partial charge in [0.25, 0.3) is 0 Å². The van der Waals surface area contributed by atoms with Crippen LogP contribution in [-0.2, 0) is 4.79 Å². The van der Waals surface area contributed by atoms with Crippen molar-refractivity contribution >= 4 is 5.91 Å². The van der Waals surface area contributed by atoms with E-state index in [2.05, 4.69) is 6.07 Å². The van der Waals surface area contributed by atoms with Gasteiger partial charge in [0.15, 0.2) is 0 Å². The highest BCUT2D eigenvalue weighted by Crippen LogP contribution is 2.11. The molecule has 1 atom stereocenters. The van der Waals surface area contributed by atoms with Crippen LogP contribution in [0.4, 0.5) is 0 Å². The van der Waals surface area contributed by atoms with Gasteiger partial charge >= 0.3 is 0 Å². The number of rotatable bonds is 7. The number of nitrogens with two attached hydrogens (primary N) is 1. The van der Waals surface area contributed by atoms with Gasteiger partial charge in [-0.2, -0.15) is 5.26 Å². The van der Waals surface area contributed by atoms with Crippen molar-refractivity contribution in [3.05, 3.63) is 0 Å². The molecule has 4 nitrogen and oxygen atoms in total. The lowest BCUT2D eigenvalue weighted by Crippen LogP contribution is -2.39. The number of hydrogen-bond acceptors (Lipinski definition) is 3. The topological polar surface area (TPSA) is 70.1 Å². The minimum atomic E-state index is 0.113. The zero-order chi connectivity index (χ0) is 12.6. The van der Waals surface area contributed by atoms with E-state index in [1.807, 2.05) is 20.8 Å². The van der Waals surface area contributed by atoms with Crippen LogP contribution >= 0.6 is 0 Å². The molecule has 16 heavy (non-hydrogen) atoms. The number of carbonyl (C=O) groups excluding carboxylic acids is 1. The van der Waals surface area contributed by atoms with E-state index < -0.39 is 0 Å². The fourth-order valence-corrected chi connectivity index (χ4v) is 1.60. The molecule has 0 aromatic heterocycles. The molecule has 4 heteroatoms. The van der Waals surface area contributed by atoms with Crippen LogP contribution < -0.4 is 5.73 Å². The molecule has 1 amide bonds. The van der Waals surface area contributed by atoms with Crippen molar-refractivity contribution in [3.63, 3.8) is 0 Å². The van der Waals surface area contributed by atoms with Crippen molar-refractivity contribution in [2.24, 2.45) is 11.7 Å². The molecule has 0 aliphatic rings. The molecule has 0 aliphatic heterocycles. The maximum Gasteiger partial charge on any atom is 0.223 e. The summed E-state index contributed by atoms with van der Waals surface area (Å²) in [5.41, 5.74) is 5.58. The van der Waals surface area contributed by atoms with Gasteiger partial charge in [0, 0.05) is 19.0 Å². The van der Waals surface area contributed by atoms with Crippen molar-refractivity contribution in [3.8, 4) is 6.07 Å². The van der Waals surface area contributed by atoms with Crippen LogP contribution in [0.1, 0.15) is 40.0 Å². The summed E-state index contributed by atoms with van der Waals surface area (Å²) in [6, 6.07) is 2.22. The van der Waals surface area contributed by atoms with Gasteiger partial charge in [-0.25, -0.2) is 0 Å². The molecule has 2 N–H and O–H groups in total. The number of amides is 1. The van der Waals surface area contributed by atoms with E-state index in [0.717, 1.165) is 6.42 Å². The lowest BCUT2D eigenvalue weighted by molar-refractivity contribution is -0.133. The summed E-state index contributed by atoms with van der Waals surface area (Å²) in [6.07, 6.45) is 1.81. The Morgan fingerprint density at radius 1 is 1.50 bits per heavy atom. The average Bonchev–Trinajstić information content (AvgIpc) is 2.25. The molecule has 0 bridgehead atoms. The summed E-state index contributed by atoms with van der Waals surface area (Å²) in [6.45, 7) is 7.05. The number of nitriles is 1. The Labute approximate surface area is 98.4 Å². The normalized spacial score (nSPS) is 12.2. The van der Waals surface area contributed by atoms with E-state index in [-0.39, 0.29) is 17.9 Å². The molecule has 0 spiro atoms. The first-order valence-corrected chi connectivity index (χ1v) is 5.93. The maximum atomic E-state index is 12.0. The van der Waals surface area contributed by atoms with Crippen molar-refractivity contribution in [1.82, 2.24) is 4.90 Å². The highest BCUT2D eigenvalue weighted by molar-refractivity contribution is 5.76. The van der Waals surface area contributed by atoms with E-state index >= 15 is 0 Å².